The molecule has 0 amide bonds. The smallest absolute Gasteiger partial charge is 0.243 e. The molecule has 1 fully saturated rings. The van der Waals surface area contributed by atoms with Crippen LogP contribution in [0.5, 0.6) is 0 Å². The van der Waals surface area contributed by atoms with Crippen LogP contribution in [0.3, 0.4) is 0 Å². The fourth-order valence-corrected chi connectivity index (χ4v) is 4.52. The first-order valence-corrected chi connectivity index (χ1v) is 8.63. The average Bonchev–Trinajstić information content (AvgIpc) is 2.41. The molecule has 1 aromatic carbocycles. The van der Waals surface area contributed by atoms with Crippen LogP contribution < -0.4 is 4.90 Å². The lowest BCUT2D eigenvalue weighted by Gasteiger charge is -2.32. The zero-order chi connectivity index (χ0) is 14.9. The maximum Gasteiger partial charge on any atom is 0.243 e. The van der Waals surface area contributed by atoms with E-state index in [0.717, 1.165) is 37.1 Å². The van der Waals surface area contributed by atoms with Gasteiger partial charge in [0.25, 0.3) is 0 Å². The van der Waals surface area contributed by atoms with Crippen molar-refractivity contribution in [3.05, 3.63) is 29.3 Å². The van der Waals surface area contributed by atoms with E-state index in [0.29, 0.717) is 4.90 Å². The van der Waals surface area contributed by atoms with Crippen LogP contribution in [0, 0.1) is 13.8 Å². The number of nitrogens with one attached hydrogen (secondary N) is 1. The topological polar surface area (TPSA) is 41.8 Å². The first kappa shape index (κ1) is 15.5. The quantitative estimate of drug-likeness (QED) is 0.888. The zero-order valence-electron chi connectivity index (χ0n) is 12.8. The summed E-state index contributed by atoms with van der Waals surface area (Å²) < 4.78 is 27.2. The molecule has 0 saturated carbocycles. The van der Waals surface area contributed by atoms with Gasteiger partial charge in [0.1, 0.15) is 0 Å². The summed E-state index contributed by atoms with van der Waals surface area (Å²) in [6.45, 7) is 5.87. The minimum absolute atomic E-state index is 0.128. The number of likely N-dealkylation sites (tertiary alicyclic amines) is 1. The monoisotopic (exact) mass is 297 g/mol. The molecule has 2 rings (SSSR count). The van der Waals surface area contributed by atoms with Crippen molar-refractivity contribution in [2.24, 2.45) is 0 Å². The van der Waals surface area contributed by atoms with E-state index >= 15 is 0 Å². The van der Waals surface area contributed by atoms with Gasteiger partial charge in [0.15, 0.2) is 0 Å². The number of piperidine rings is 1. The number of aryl methyl sites for hydroxylation is 2. The Morgan fingerprint density at radius 3 is 2.40 bits per heavy atom. The van der Waals surface area contributed by atoms with Crippen molar-refractivity contribution in [1.82, 2.24) is 4.31 Å². The minimum atomic E-state index is -3.39. The van der Waals surface area contributed by atoms with Crippen LogP contribution in [0.2, 0.25) is 0 Å². The number of quaternary nitrogens is 1. The number of nitrogens with zero attached hydrogens (tertiary/aromatic N) is 1. The third-order valence-electron chi connectivity index (χ3n) is 4.32. The molecule has 1 saturated heterocycles. The van der Waals surface area contributed by atoms with Crippen molar-refractivity contribution in [3.8, 4) is 0 Å². The predicted molar refractivity (Wildman–Crippen MR) is 80.5 cm³/mol. The second-order valence-electron chi connectivity index (χ2n) is 5.98. The molecule has 0 unspecified atom stereocenters. The fourth-order valence-electron chi connectivity index (χ4n) is 2.80. The minimum Gasteiger partial charge on any atom is -0.337 e. The summed E-state index contributed by atoms with van der Waals surface area (Å²) in [5.41, 5.74) is 1.80. The second kappa shape index (κ2) is 5.84. The van der Waals surface area contributed by atoms with Crippen molar-refractivity contribution in [1.29, 1.82) is 0 Å². The van der Waals surface area contributed by atoms with Gasteiger partial charge in [-0.2, -0.15) is 4.31 Å². The van der Waals surface area contributed by atoms with Crippen LogP contribution in [0.4, 0.5) is 0 Å². The molecule has 0 aliphatic carbocycles. The summed E-state index contributed by atoms with van der Waals surface area (Å²) in [6.07, 6.45) is 1.87. The largest absolute Gasteiger partial charge is 0.337 e. The van der Waals surface area contributed by atoms with Gasteiger partial charge >= 0.3 is 0 Å². The van der Waals surface area contributed by atoms with Crippen LogP contribution in [-0.2, 0) is 10.0 Å². The van der Waals surface area contributed by atoms with Gasteiger partial charge in [0.05, 0.1) is 25.0 Å². The molecule has 1 N–H and O–H groups in total. The molecule has 1 heterocycles. The van der Waals surface area contributed by atoms with Crippen LogP contribution in [-0.4, -0.2) is 45.9 Å². The van der Waals surface area contributed by atoms with Gasteiger partial charge in [-0.3, -0.25) is 0 Å². The fraction of sp³-hybridized carbons (Fsp3) is 0.600. The molecule has 112 valence electrons. The predicted octanol–water partition coefficient (Wildman–Crippen LogP) is 0.601. The standard InChI is InChI=1S/C15H24N2O2S/c1-12-5-6-13(2)15(11-12)20(18,19)17(4)14-7-9-16(3)10-8-14/h5-6,11,14H,7-10H2,1-4H3/p+1. The highest BCUT2D eigenvalue weighted by Gasteiger charge is 2.32. The van der Waals surface area contributed by atoms with Crippen LogP contribution in [0.15, 0.2) is 23.1 Å². The Morgan fingerprint density at radius 1 is 1.20 bits per heavy atom. The SMILES string of the molecule is Cc1ccc(C)c(S(=O)(=O)N(C)C2CC[NH+](C)CC2)c1. The van der Waals surface area contributed by atoms with Gasteiger partial charge < -0.3 is 4.90 Å². The lowest BCUT2D eigenvalue weighted by atomic mass is 10.1. The molecular formula is C15H25N2O2S+. The Bertz CT molecular complexity index is 576. The van der Waals surface area contributed by atoms with E-state index in [1.165, 1.54) is 4.90 Å². The number of sulfonamides is 1. The molecule has 4 nitrogen and oxygen atoms in total. The molecular weight excluding hydrogens is 272 g/mol. The third-order valence-corrected chi connectivity index (χ3v) is 6.38. The van der Waals surface area contributed by atoms with Gasteiger partial charge in [0, 0.05) is 25.9 Å². The summed E-state index contributed by atoms with van der Waals surface area (Å²) >= 11 is 0. The van der Waals surface area contributed by atoms with E-state index in [2.05, 4.69) is 7.05 Å². The Labute approximate surface area is 122 Å². The van der Waals surface area contributed by atoms with Crippen LogP contribution in [0.25, 0.3) is 0 Å². The molecule has 1 aliphatic rings. The second-order valence-corrected chi connectivity index (χ2v) is 7.94. The van der Waals surface area contributed by atoms with Crippen molar-refractivity contribution < 1.29 is 13.3 Å². The lowest BCUT2D eigenvalue weighted by molar-refractivity contribution is -0.885. The molecule has 20 heavy (non-hydrogen) atoms. The number of benzene rings is 1. The Hall–Kier alpha value is -0.910. The molecule has 5 heteroatoms. The van der Waals surface area contributed by atoms with Crippen molar-refractivity contribution in [3.63, 3.8) is 0 Å². The summed E-state index contributed by atoms with van der Waals surface area (Å²) in [5.74, 6) is 0. The maximum atomic E-state index is 12.8. The first-order chi connectivity index (χ1) is 9.32. The highest BCUT2D eigenvalue weighted by molar-refractivity contribution is 7.89. The molecule has 0 bridgehead atoms. The van der Waals surface area contributed by atoms with E-state index < -0.39 is 10.0 Å². The number of hydrogen-bond acceptors (Lipinski definition) is 2. The van der Waals surface area contributed by atoms with Crippen LogP contribution >= 0.6 is 0 Å². The van der Waals surface area contributed by atoms with Crippen molar-refractivity contribution >= 4 is 10.0 Å². The molecule has 0 aromatic heterocycles. The zero-order valence-corrected chi connectivity index (χ0v) is 13.6. The van der Waals surface area contributed by atoms with Gasteiger partial charge in [-0.15, -0.1) is 0 Å². The van der Waals surface area contributed by atoms with Gasteiger partial charge in [-0.05, 0) is 31.0 Å². The average molecular weight is 297 g/mol. The lowest BCUT2D eigenvalue weighted by Crippen LogP contribution is -3.10. The van der Waals surface area contributed by atoms with Gasteiger partial charge in [-0.25, -0.2) is 8.42 Å². The number of hydrogen-bond donors (Lipinski definition) is 1. The Kier molecular flexibility index (Phi) is 4.52. The molecule has 1 aliphatic heterocycles. The number of rotatable bonds is 3. The summed E-state index contributed by atoms with van der Waals surface area (Å²) in [4.78, 5) is 1.94. The summed E-state index contributed by atoms with van der Waals surface area (Å²) in [7, 11) is 0.502. The van der Waals surface area contributed by atoms with Gasteiger partial charge in [-0.1, -0.05) is 12.1 Å². The van der Waals surface area contributed by atoms with Crippen molar-refractivity contribution in [2.75, 3.05) is 27.2 Å². The normalized spacial score (nSPS) is 24.1. The summed E-state index contributed by atoms with van der Waals surface area (Å²) in [5, 5.41) is 0. The van der Waals surface area contributed by atoms with E-state index in [4.69, 9.17) is 0 Å². The summed E-state index contributed by atoms with van der Waals surface area (Å²) in [6, 6.07) is 5.74. The van der Waals surface area contributed by atoms with E-state index in [1.807, 2.05) is 26.0 Å². The first-order valence-electron chi connectivity index (χ1n) is 7.19. The highest BCUT2D eigenvalue weighted by atomic mass is 32.2. The molecule has 0 spiro atoms. The third kappa shape index (κ3) is 3.05. The van der Waals surface area contributed by atoms with E-state index in [-0.39, 0.29) is 6.04 Å². The van der Waals surface area contributed by atoms with Crippen LogP contribution in [0.1, 0.15) is 24.0 Å². The Balaban J connectivity index is 2.27. The van der Waals surface area contributed by atoms with Gasteiger partial charge in [0.2, 0.25) is 10.0 Å². The van der Waals surface area contributed by atoms with E-state index in [9.17, 15) is 8.42 Å². The molecule has 0 atom stereocenters. The molecule has 0 radical (unpaired) electrons. The molecule has 1 aromatic rings. The van der Waals surface area contributed by atoms with Crippen molar-refractivity contribution in [2.45, 2.75) is 37.6 Å². The maximum absolute atomic E-state index is 12.8. The highest BCUT2D eigenvalue weighted by Crippen LogP contribution is 2.23. The Morgan fingerprint density at radius 2 is 1.80 bits per heavy atom. The van der Waals surface area contributed by atoms with E-state index in [1.54, 1.807) is 17.4 Å².